The molecular weight excluding hydrogens is 282 g/mol. The van der Waals surface area contributed by atoms with Crippen molar-refractivity contribution in [3.8, 4) is 0 Å². The molecule has 0 saturated carbocycles. The van der Waals surface area contributed by atoms with Gasteiger partial charge in [-0.3, -0.25) is 9.69 Å². The van der Waals surface area contributed by atoms with Crippen LogP contribution in [-0.2, 0) is 4.79 Å². The Kier molecular flexibility index (Phi) is 8.89. The SMILES string of the molecule is CC(C)C(CNC(=O)NCCCC(=O)O)N1CCCCCC1. The monoisotopic (exact) mass is 313 g/mol. The number of carbonyl (C=O) groups is 2. The van der Waals surface area contributed by atoms with Crippen LogP contribution >= 0.6 is 0 Å². The van der Waals surface area contributed by atoms with E-state index in [0.29, 0.717) is 31.5 Å². The second-order valence-electron chi connectivity index (χ2n) is 6.40. The standard InChI is InChI=1S/C16H31N3O3/c1-13(2)14(19-10-5-3-4-6-11-19)12-18-16(22)17-9-7-8-15(20)21/h13-14H,3-12H2,1-2H3,(H,20,21)(H2,17,18,22). The number of likely N-dealkylation sites (tertiary alicyclic amines) is 1. The Morgan fingerprint density at radius 3 is 2.27 bits per heavy atom. The number of rotatable bonds is 8. The summed E-state index contributed by atoms with van der Waals surface area (Å²) in [6.07, 6.45) is 5.64. The number of hydrogen-bond donors (Lipinski definition) is 3. The molecule has 128 valence electrons. The first-order valence-electron chi connectivity index (χ1n) is 8.48. The molecule has 1 unspecified atom stereocenters. The molecule has 1 rings (SSSR count). The lowest BCUT2D eigenvalue weighted by Crippen LogP contribution is -2.49. The predicted octanol–water partition coefficient (Wildman–Crippen LogP) is 2.05. The third kappa shape index (κ3) is 7.64. The van der Waals surface area contributed by atoms with E-state index in [1.54, 1.807) is 0 Å². The summed E-state index contributed by atoms with van der Waals surface area (Å²) in [7, 11) is 0. The van der Waals surface area contributed by atoms with E-state index in [9.17, 15) is 9.59 Å². The van der Waals surface area contributed by atoms with E-state index in [2.05, 4.69) is 29.4 Å². The summed E-state index contributed by atoms with van der Waals surface area (Å²) in [5.41, 5.74) is 0. The van der Waals surface area contributed by atoms with Gasteiger partial charge in [-0.1, -0.05) is 26.7 Å². The third-order valence-electron chi connectivity index (χ3n) is 4.20. The van der Waals surface area contributed by atoms with Crippen molar-refractivity contribution in [2.24, 2.45) is 5.92 Å². The fraction of sp³-hybridized carbons (Fsp3) is 0.875. The van der Waals surface area contributed by atoms with Gasteiger partial charge in [0.05, 0.1) is 0 Å². The van der Waals surface area contributed by atoms with Crippen molar-refractivity contribution >= 4 is 12.0 Å². The lowest BCUT2D eigenvalue weighted by molar-refractivity contribution is -0.137. The van der Waals surface area contributed by atoms with Crippen LogP contribution in [0.15, 0.2) is 0 Å². The molecule has 1 aliphatic heterocycles. The zero-order valence-electron chi connectivity index (χ0n) is 13.9. The first kappa shape index (κ1) is 18.7. The summed E-state index contributed by atoms with van der Waals surface area (Å²) in [5.74, 6) is -0.339. The molecule has 0 aromatic rings. The summed E-state index contributed by atoms with van der Waals surface area (Å²) in [6.45, 7) is 7.66. The van der Waals surface area contributed by atoms with Crippen LogP contribution in [0.25, 0.3) is 0 Å². The highest BCUT2D eigenvalue weighted by Gasteiger charge is 2.23. The molecule has 2 amide bonds. The maximum atomic E-state index is 11.8. The number of hydrogen-bond acceptors (Lipinski definition) is 3. The Balaban J connectivity index is 2.30. The molecule has 6 heteroatoms. The molecule has 6 nitrogen and oxygen atoms in total. The molecular formula is C16H31N3O3. The van der Waals surface area contributed by atoms with E-state index in [-0.39, 0.29) is 12.5 Å². The molecule has 22 heavy (non-hydrogen) atoms. The van der Waals surface area contributed by atoms with Gasteiger partial charge >= 0.3 is 12.0 Å². The largest absolute Gasteiger partial charge is 0.481 e. The molecule has 0 radical (unpaired) electrons. The summed E-state index contributed by atoms with van der Waals surface area (Å²) < 4.78 is 0. The zero-order valence-corrected chi connectivity index (χ0v) is 13.9. The van der Waals surface area contributed by atoms with Crippen LogP contribution in [0.2, 0.25) is 0 Å². The molecule has 0 bridgehead atoms. The summed E-state index contributed by atoms with van der Waals surface area (Å²) in [6, 6.07) is 0.161. The van der Waals surface area contributed by atoms with Gasteiger partial charge in [0.2, 0.25) is 0 Å². The van der Waals surface area contributed by atoms with E-state index in [4.69, 9.17) is 5.11 Å². The molecule has 0 aliphatic carbocycles. The van der Waals surface area contributed by atoms with Gasteiger partial charge < -0.3 is 15.7 Å². The second kappa shape index (κ2) is 10.4. The van der Waals surface area contributed by atoms with Crippen molar-refractivity contribution in [3.63, 3.8) is 0 Å². The normalized spacial score (nSPS) is 17.8. The minimum atomic E-state index is -0.830. The summed E-state index contributed by atoms with van der Waals surface area (Å²) >= 11 is 0. The fourth-order valence-electron chi connectivity index (χ4n) is 2.91. The van der Waals surface area contributed by atoms with Gasteiger partial charge in [0.25, 0.3) is 0 Å². The van der Waals surface area contributed by atoms with E-state index in [1.165, 1.54) is 25.7 Å². The van der Waals surface area contributed by atoms with Crippen LogP contribution in [0, 0.1) is 5.92 Å². The van der Waals surface area contributed by atoms with Crippen LogP contribution < -0.4 is 10.6 Å². The van der Waals surface area contributed by atoms with Crippen LogP contribution in [0.5, 0.6) is 0 Å². The number of urea groups is 1. The highest BCUT2D eigenvalue weighted by atomic mass is 16.4. The lowest BCUT2D eigenvalue weighted by atomic mass is 10.0. The van der Waals surface area contributed by atoms with E-state index in [0.717, 1.165) is 13.1 Å². The van der Waals surface area contributed by atoms with Crippen molar-refractivity contribution < 1.29 is 14.7 Å². The number of amides is 2. The Morgan fingerprint density at radius 2 is 1.73 bits per heavy atom. The Labute approximate surface area is 133 Å². The van der Waals surface area contributed by atoms with E-state index in [1.807, 2.05) is 0 Å². The zero-order chi connectivity index (χ0) is 16.4. The highest BCUT2D eigenvalue weighted by molar-refractivity contribution is 5.74. The number of carbonyl (C=O) groups excluding carboxylic acids is 1. The molecule has 0 spiro atoms. The Bertz CT molecular complexity index is 340. The first-order valence-corrected chi connectivity index (χ1v) is 8.48. The topological polar surface area (TPSA) is 81.7 Å². The fourth-order valence-corrected chi connectivity index (χ4v) is 2.91. The van der Waals surface area contributed by atoms with Gasteiger partial charge in [0.1, 0.15) is 0 Å². The van der Waals surface area contributed by atoms with Crippen molar-refractivity contribution in [1.29, 1.82) is 0 Å². The van der Waals surface area contributed by atoms with E-state index < -0.39 is 5.97 Å². The maximum absolute atomic E-state index is 11.8. The molecule has 1 atom stereocenters. The number of carboxylic acid groups (broad SMARTS) is 1. The van der Waals surface area contributed by atoms with Gasteiger partial charge in [-0.05, 0) is 38.3 Å². The number of carboxylic acids is 1. The Morgan fingerprint density at radius 1 is 1.09 bits per heavy atom. The smallest absolute Gasteiger partial charge is 0.314 e. The van der Waals surface area contributed by atoms with Gasteiger partial charge in [-0.2, -0.15) is 0 Å². The number of aliphatic carboxylic acids is 1. The van der Waals surface area contributed by atoms with Crippen molar-refractivity contribution in [2.75, 3.05) is 26.2 Å². The van der Waals surface area contributed by atoms with Crippen molar-refractivity contribution in [1.82, 2.24) is 15.5 Å². The first-order chi connectivity index (χ1) is 10.5. The lowest BCUT2D eigenvalue weighted by Gasteiger charge is -2.33. The van der Waals surface area contributed by atoms with Crippen LogP contribution in [0.4, 0.5) is 4.79 Å². The third-order valence-corrected chi connectivity index (χ3v) is 4.20. The van der Waals surface area contributed by atoms with Crippen molar-refractivity contribution in [2.45, 2.75) is 58.4 Å². The highest BCUT2D eigenvalue weighted by Crippen LogP contribution is 2.16. The minimum absolute atomic E-state index is 0.0860. The van der Waals surface area contributed by atoms with Crippen LogP contribution in [0.1, 0.15) is 52.4 Å². The van der Waals surface area contributed by atoms with Crippen LogP contribution in [0.3, 0.4) is 0 Å². The Hall–Kier alpha value is -1.30. The molecule has 1 aliphatic rings. The summed E-state index contributed by atoms with van der Waals surface area (Å²) in [4.78, 5) is 24.7. The van der Waals surface area contributed by atoms with Gasteiger partial charge in [0.15, 0.2) is 0 Å². The minimum Gasteiger partial charge on any atom is -0.481 e. The average molecular weight is 313 g/mol. The average Bonchev–Trinajstić information content (AvgIpc) is 2.72. The number of nitrogens with one attached hydrogen (secondary N) is 2. The maximum Gasteiger partial charge on any atom is 0.314 e. The molecule has 0 aromatic carbocycles. The van der Waals surface area contributed by atoms with Gasteiger partial charge in [0, 0.05) is 25.6 Å². The van der Waals surface area contributed by atoms with Crippen molar-refractivity contribution in [3.05, 3.63) is 0 Å². The molecule has 3 N–H and O–H groups in total. The van der Waals surface area contributed by atoms with Crippen LogP contribution in [-0.4, -0.2) is 54.2 Å². The predicted molar refractivity (Wildman–Crippen MR) is 86.9 cm³/mol. The quantitative estimate of drug-likeness (QED) is 0.599. The van der Waals surface area contributed by atoms with E-state index >= 15 is 0 Å². The van der Waals surface area contributed by atoms with Gasteiger partial charge in [-0.15, -0.1) is 0 Å². The molecule has 0 aromatic heterocycles. The summed E-state index contributed by atoms with van der Waals surface area (Å²) in [5, 5.41) is 14.2. The molecule has 1 saturated heterocycles. The molecule has 1 heterocycles. The second-order valence-corrected chi connectivity index (χ2v) is 6.40. The number of nitrogens with zero attached hydrogens (tertiary/aromatic N) is 1. The molecule has 1 fully saturated rings. The van der Waals surface area contributed by atoms with Gasteiger partial charge in [-0.25, -0.2) is 4.79 Å².